The maximum absolute atomic E-state index is 4.31. The third-order valence-corrected chi connectivity index (χ3v) is 5.22. The van der Waals surface area contributed by atoms with Crippen LogP contribution in [0, 0.1) is 6.92 Å². The van der Waals surface area contributed by atoms with Crippen molar-refractivity contribution in [1.29, 1.82) is 0 Å². The van der Waals surface area contributed by atoms with Gasteiger partial charge in [-0.3, -0.25) is 4.99 Å². The molecule has 0 aliphatic heterocycles. The topological polar surface area (TPSA) is 67.1 Å². The number of thioether (sulfide) groups is 1. The third kappa shape index (κ3) is 4.36. The van der Waals surface area contributed by atoms with E-state index in [2.05, 4.69) is 32.1 Å². The van der Waals surface area contributed by atoms with Crippen molar-refractivity contribution >= 4 is 17.7 Å². The molecule has 1 aliphatic carbocycles. The second-order valence-electron chi connectivity index (χ2n) is 5.51. The molecule has 0 radical (unpaired) electrons. The van der Waals surface area contributed by atoms with Crippen LogP contribution in [0.1, 0.15) is 37.3 Å². The Labute approximate surface area is 131 Å². The summed E-state index contributed by atoms with van der Waals surface area (Å²) in [6.07, 6.45) is 7.27. The SMILES string of the molecule is CN=C(NCc1nnc(C)n1C)NC1CCCC(SC)C1. The second-order valence-corrected chi connectivity index (χ2v) is 6.65. The van der Waals surface area contributed by atoms with Crippen molar-refractivity contribution in [2.45, 2.75) is 50.4 Å². The minimum atomic E-state index is 0.517. The van der Waals surface area contributed by atoms with Crippen LogP contribution in [0.3, 0.4) is 0 Å². The van der Waals surface area contributed by atoms with E-state index in [1.54, 1.807) is 0 Å². The van der Waals surface area contributed by atoms with Gasteiger partial charge < -0.3 is 15.2 Å². The molecule has 0 spiro atoms. The molecule has 1 aromatic rings. The van der Waals surface area contributed by atoms with Gasteiger partial charge in [-0.1, -0.05) is 6.42 Å². The summed E-state index contributed by atoms with van der Waals surface area (Å²) in [6.45, 7) is 2.59. The lowest BCUT2D eigenvalue weighted by molar-refractivity contribution is 0.419. The summed E-state index contributed by atoms with van der Waals surface area (Å²) < 4.78 is 1.99. The van der Waals surface area contributed by atoms with E-state index in [1.807, 2.05) is 37.3 Å². The Hall–Kier alpha value is -1.24. The van der Waals surface area contributed by atoms with Crippen molar-refractivity contribution in [1.82, 2.24) is 25.4 Å². The summed E-state index contributed by atoms with van der Waals surface area (Å²) in [4.78, 5) is 4.31. The van der Waals surface area contributed by atoms with Crippen molar-refractivity contribution in [3.8, 4) is 0 Å². The van der Waals surface area contributed by atoms with Crippen LogP contribution in [0.2, 0.25) is 0 Å². The van der Waals surface area contributed by atoms with Gasteiger partial charge in [-0.25, -0.2) is 0 Å². The predicted molar refractivity (Wildman–Crippen MR) is 88.6 cm³/mol. The smallest absolute Gasteiger partial charge is 0.191 e. The molecule has 0 bridgehead atoms. The molecular formula is C14H26N6S. The number of aliphatic imine (C=N–C) groups is 1. The van der Waals surface area contributed by atoms with Crippen LogP contribution in [0.25, 0.3) is 0 Å². The van der Waals surface area contributed by atoms with Gasteiger partial charge in [0.25, 0.3) is 0 Å². The van der Waals surface area contributed by atoms with Crippen LogP contribution in [0.5, 0.6) is 0 Å². The maximum atomic E-state index is 4.31. The van der Waals surface area contributed by atoms with Crippen molar-refractivity contribution in [3.63, 3.8) is 0 Å². The molecular weight excluding hydrogens is 284 g/mol. The molecule has 2 N–H and O–H groups in total. The van der Waals surface area contributed by atoms with Crippen molar-refractivity contribution in [2.24, 2.45) is 12.0 Å². The Morgan fingerprint density at radius 3 is 2.86 bits per heavy atom. The van der Waals surface area contributed by atoms with Crippen LogP contribution in [0.15, 0.2) is 4.99 Å². The van der Waals surface area contributed by atoms with Gasteiger partial charge in [0, 0.05) is 25.4 Å². The second kappa shape index (κ2) is 7.68. The van der Waals surface area contributed by atoms with E-state index in [4.69, 9.17) is 0 Å². The zero-order chi connectivity index (χ0) is 15.2. The molecule has 21 heavy (non-hydrogen) atoms. The Kier molecular flexibility index (Phi) is 5.90. The number of nitrogens with zero attached hydrogens (tertiary/aromatic N) is 4. The van der Waals surface area contributed by atoms with Gasteiger partial charge in [-0.05, 0) is 32.4 Å². The summed E-state index contributed by atoms with van der Waals surface area (Å²) in [7, 11) is 3.79. The van der Waals surface area contributed by atoms with E-state index in [1.165, 1.54) is 25.7 Å². The standard InChI is InChI=1S/C14H26N6S/c1-10-18-19-13(20(10)3)9-16-14(15-2)17-11-6-5-7-12(8-11)21-4/h11-12H,5-9H2,1-4H3,(H2,15,16,17). The van der Waals surface area contributed by atoms with Gasteiger partial charge >= 0.3 is 0 Å². The van der Waals surface area contributed by atoms with E-state index >= 15 is 0 Å². The first-order chi connectivity index (χ1) is 10.1. The molecule has 1 saturated carbocycles. The minimum Gasteiger partial charge on any atom is -0.354 e. The van der Waals surface area contributed by atoms with E-state index in [0.29, 0.717) is 12.6 Å². The maximum Gasteiger partial charge on any atom is 0.191 e. The summed E-state index contributed by atoms with van der Waals surface area (Å²) in [5.74, 6) is 2.69. The van der Waals surface area contributed by atoms with E-state index < -0.39 is 0 Å². The number of aromatic nitrogens is 3. The zero-order valence-corrected chi connectivity index (χ0v) is 14.2. The molecule has 1 aromatic heterocycles. The lowest BCUT2D eigenvalue weighted by Crippen LogP contribution is -2.45. The van der Waals surface area contributed by atoms with Crippen LogP contribution in [-0.2, 0) is 13.6 Å². The Morgan fingerprint density at radius 1 is 1.43 bits per heavy atom. The molecule has 2 atom stereocenters. The predicted octanol–water partition coefficient (Wildman–Crippen LogP) is 1.46. The van der Waals surface area contributed by atoms with Crippen molar-refractivity contribution in [2.75, 3.05) is 13.3 Å². The van der Waals surface area contributed by atoms with Crippen molar-refractivity contribution in [3.05, 3.63) is 11.6 Å². The van der Waals surface area contributed by atoms with E-state index in [0.717, 1.165) is 22.9 Å². The number of guanidine groups is 1. The number of rotatable bonds is 4. The van der Waals surface area contributed by atoms with Crippen molar-refractivity contribution < 1.29 is 0 Å². The molecule has 0 aromatic carbocycles. The normalized spacial score (nSPS) is 23.1. The number of nitrogens with one attached hydrogen (secondary N) is 2. The molecule has 118 valence electrons. The van der Waals surface area contributed by atoms with Crippen LogP contribution in [-0.4, -0.2) is 45.3 Å². The first-order valence-corrected chi connectivity index (χ1v) is 8.77. The fourth-order valence-electron chi connectivity index (χ4n) is 2.65. The van der Waals surface area contributed by atoms with Gasteiger partial charge in [0.2, 0.25) is 0 Å². The minimum absolute atomic E-state index is 0.517. The van der Waals surface area contributed by atoms with Gasteiger partial charge in [0.05, 0.1) is 6.54 Å². The Bertz CT molecular complexity index is 484. The monoisotopic (exact) mass is 310 g/mol. The van der Waals surface area contributed by atoms with Crippen LogP contribution >= 0.6 is 11.8 Å². The Morgan fingerprint density at radius 2 is 2.24 bits per heavy atom. The lowest BCUT2D eigenvalue weighted by atomic mass is 9.95. The molecule has 0 amide bonds. The first kappa shape index (κ1) is 16.1. The van der Waals surface area contributed by atoms with Gasteiger partial charge in [-0.2, -0.15) is 11.8 Å². The van der Waals surface area contributed by atoms with E-state index in [9.17, 15) is 0 Å². The van der Waals surface area contributed by atoms with Gasteiger partial charge in [0.15, 0.2) is 11.8 Å². The highest BCUT2D eigenvalue weighted by Gasteiger charge is 2.21. The molecule has 7 heteroatoms. The van der Waals surface area contributed by atoms with Crippen LogP contribution in [0.4, 0.5) is 0 Å². The molecule has 6 nitrogen and oxygen atoms in total. The summed E-state index contributed by atoms with van der Waals surface area (Å²) in [5, 5.41) is 15.9. The number of hydrogen-bond acceptors (Lipinski definition) is 4. The quantitative estimate of drug-likeness (QED) is 0.651. The highest BCUT2D eigenvalue weighted by Crippen LogP contribution is 2.26. The summed E-state index contributed by atoms with van der Waals surface area (Å²) in [6, 6.07) is 0.517. The molecule has 1 fully saturated rings. The fraction of sp³-hybridized carbons (Fsp3) is 0.786. The summed E-state index contributed by atoms with van der Waals surface area (Å²) >= 11 is 1.98. The molecule has 2 rings (SSSR count). The average molecular weight is 310 g/mol. The third-order valence-electron chi connectivity index (χ3n) is 4.12. The highest BCUT2D eigenvalue weighted by molar-refractivity contribution is 7.99. The molecule has 0 saturated heterocycles. The highest BCUT2D eigenvalue weighted by atomic mass is 32.2. The Balaban J connectivity index is 1.84. The first-order valence-electron chi connectivity index (χ1n) is 7.49. The van der Waals surface area contributed by atoms with Gasteiger partial charge in [0.1, 0.15) is 5.82 Å². The molecule has 1 aliphatic rings. The van der Waals surface area contributed by atoms with E-state index in [-0.39, 0.29) is 0 Å². The largest absolute Gasteiger partial charge is 0.354 e. The zero-order valence-electron chi connectivity index (χ0n) is 13.4. The average Bonchev–Trinajstić information content (AvgIpc) is 2.83. The van der Waals surface area contributed by atoms with Gasteiger partial charge in [-0.15, -0.1) is 10.2 Å². The number of hydrogen-bond donors (Lipinski definition) is 2. The lowest BCUT2D eigenvalue weighted by Gasteiger charge is -2.29. The fourth-order valence-corrected chi connectivity index (χ4v) is 3.47. The number of aryl methyl sites for hydroxylation is 1. The summed E-state index contributed by atoms with van der Waals surface area (Å²) in [5.41, 5.74) is 0. The molecule has 2 unspecified atom stereocenters. The molecule has 1 heterocycles. The van der Waals surface area contributed by atoms with Crippen LogP contribution < -0.4 is 10.6 Å².